The zero-order valence-electron chi connectivity index (χ0n) is 18.9. The molecule has 1 aliphatic rings. The number of phenolic OH excluding ortho intramolecular Hbond substituents is 1. The van der Waals surface area contributed by atoms with Crippen molar-refractivity contribution in [2.45, 2.75) is 31.6 Å². The van der Waals surface area contributed by atoms with Crippen molar-refractivity contribution in [2.24, 2.45) is 0 Å². The van der Waals surface area contributed by atoms with Crippen molar-refractivity contribution in [3.63, 3.8) is 0 Å². The van der Waals surface area contributed by atoms with Crippen LogP contribution in [0.5, 0.6) is 5.75 Å². The molecule has 2 aromatic carbocycles. The van der Waals surface area contributed by atoms with Crippen LogP contribution in [0, 0.1) is 13.8 Å². The highest BCUT2D eigenvalue weighted by Crippen LogP contribution is 2.66. The average molecular weight is 537 g/mol. The van der Waals surface area contributed by atoms with Gasteiger partial charge in [-0.1, -0.05) is 30.3 Å². The minimum atomic E-state index is -5.61. The van der Waals surface area contributed by atoms with E-state index in [4.69, 9.17) is 0 Å². The van der Waals surface area contributed by atoms with Gasteiger partial charge in [-0.3, -0.25) is 0 Å². The zero-order valence-corrected chi connectivity index (χ0v) is 20.5. The first kappa shape index (κ1) is 24.6. The van der Waals surface area contributed by atoms with Crippen LogP contribution in [0.2, 0.25) is 0 Å². The molecule has 5 rings (SSSR count). The number of benzene rings is 2. The third-order valence-electron chi connectivity index (χ3n) is 6.25. The Hall–Kier alpha value is -3.04. The predicted octanol–water partition coefficient (Wildman–Crippen LogP) is 9.30. The fraction of sp³-hybridized carbons (Fsp3) is 0.185. The third kappa shape index (κ3) is 3.51. The van der Waals surface area contributed by atoms with E-state index in [1.165, 1.54) is 50.2 Å². The van der Waals surface area contributed by atoms with Crippen molar-refractivity contribution in [3.05, 3.63) is 87.6 Å². The van der Waals surface area contributed by atoms with Gasteiger partial charge in [-0.25, -0.2) is 0 Å². The molecule has 186 valence electrons. The molecule has 2 heterocycles. The minimum Gasteiger partial charge on any atom is -0.508 e. The van der Waals surface area contributed by atoms with Crippen molar-refractivity contribution < 1.29 is 31.4 Å². The van der Waals surface area contributed by atoms with Gasteiger partial charge in [0.2, 0.25) is 0 Å². The summed E-state index contributed by atoms with van der Waals surface area (Å²) in [5, 5.41) is 9.52. The Morgan fingerprint density at radius 3 is 1.47 bits per heavy atom. The molecule has 0 spiro atoms. The molecule has 0 amide bonds. The van der Waals surface area contributed by atoms with Crippen LogP contribution < -0.4 is 0 Å². The molecule has 0 unspecified atom stereocenters. The molecule has 2 aromatic heterocycles. The lowest BCUT2D eigenvalue weighted by Crippen LogP contribution is -2.48. The first-order valence-corrected chi connectivity index (χ1v) is 12.4. The molecular weight excluding hydrogens is 518 g/mol. The normalized spacial score (nSPS) is 18.1. The number of thiophene rings is 2. The van der Waals surface area contributed by atoms with Crippen molar-refractivity contribution in [1.29, 1.82) is 0 Å². The van der Waals surface area contributed by atoms with Crippen molar-refractivity contribution in [1.82, 2.24) is 0 Å². The largest absolute Gasteiger partial charge is 0.508 e. The van der Waals surface area contributed by atoms with Gasteiger partial charge in [0.25, 0.3) is 0 Å². The van der Waals surface area contributed by atoms with Crippen LogP contribution in [-0.4, -0.2) is 22.9 Å². The van der Waals surface area contributed by atoms with E-state index in [1.54, 1.807) is 30.3 Å². The SMILES string of the molecule is Cc1sc(-c2ccccc2)cc1C1=C(c2cc(-c3ccc(O)cc3)sc2C)C(F)(F)C(F)(F)C1(F)F. The van der Waals surface area contributed by atoms with Crippen LogP contribution in [0.15, 0.2) is 66.7 Å². The second-order valence-electron chi connectivity index (χ2n) is 8.55. The second kappa shape index (κ2) is 8.24. The van der Waals surface area contributed by atoms with Gasteiger partial charge in [-0.05, 0) is 72.5 Å². The summed E-state index contributed by atoms with van der Waals surface area (Å²) in [5.41, 5.74) is -2.14. The zero-order chi connectivity index (χ0) is 26.0. The maximum absolute atomic E-state index is 15.3. The lowest BCUT2D eigenvalue weighted by atomic mass is 9.94. The number of hydrogen-bond donors (Lipinski definition) is 1. The summed E-state index contributed by atoms with van der Waals surface area (Å²) in [6.07, 6.45) is 0. The van der Waals surface area contributed by atoms with Gasteiger partial charge >= 0.3 is 17.8 Å². The molecule has 0 radical (unpaired) electrons. The summed E-state index contributed by atoms with van der Waals surface area (Å²) in [4.78, 5) is 1.38. The molecule has 0 atom stereocenters. The van der Waals surface area contributed by atoms with E-state index in [0.29, 0.717) is 20.9 Å². The lowest BCUT2D eigenvalue weighted by Gasteiger charge is -2.25. The van der Waals surface area contributed by atoms with Crippen LogP contribution in [0.25, 0.3) is 32.0 Å². The first-order chi connectivity index (χ1) is 16.9. The van der Waals surface area contributed by atoms with E-state index in [2.05, 4.69) is 0 Å². The molecule has 1 aliphatic carbocycles. The summed E-state index contributed by atoms with van der Waals surface area (Å²) >= 11 is 2.11. The molecule has 0 saturated heterocycles. The number of halogens is 6. The fourth-order valence-corrected chi connectivity index (χ4v) is 6.47. The number of phenols is 1. The van der Waals surface area contributed by atoms with E-state index in [9.17, 15) is 13.9 Å². The Morgan fingerprint density at radius 2 is 1.03 bits per heavy atom. The van der Waals surface area contributed by atoms with Gasteiger partial charge in [0, 0.05) is 30.7 Å². The quantitative estimate of drug-likeness (QED) is 0.258. The third-order valence-corrected chi connectivity index (χ3v) is 8.45. The molecule has 0 saturated carbocycles. The number of alkyl halides is 6. The number of aryl methyl sites for hydroxylation is 2. The summed E-state index contributed by atoms with van der Waals surface area (Å²) < 4.78 is 90.7. The van der Waals surface area contributed by atoms with Crippen LogP contribution in [0.4, 0.5) is 26.3 Å². The predicted molar refractivity (Wildman–Crippen MR) is 132 cm³/mol. The summed E-state index contributed by atoms with van der Waals surface area (Å²) in [6.45, 7) is 2.90. The monoisotopic (exact) mass is 536 g/mol. The van der Waals surface area contributed by atoms with Crippen LogP contribution in [-0.2, 0) is 0 Å². The standard InChI is InChI=1S/C27H18F6OS2/c1-14-19(12-21(35-14)16-6-4-3-5-7-16)23-24(26(30,31)27(32,33)25(23,28)29)20-13-22(36-15(20)2)17-8-10-18(34)11-9-17/h3-13,34H,1-2H3. The molecular formula is C27H18F6OS2. The Morgan fingerprint density at radius 1 is 0.611 bits per heavy atom. The number of aromatic hydroxyl groups is 1. The highest BCUT2D eigenvalue weighted by Gasteiger charge is 2.80. The van der Waals surface area contributed by atoms with Crippen molar-refractivity contribution in [3.8, 4) is 26.6 Å². The van der Waals surface area contributed by atoms with Crippen LogP contribution in [0.3, 0.4) is 0 Å². The van der Waals surface area contributed by atoms with Crippen molar-refractivity contribution >= 4 is 33.8 Å². The van der Waals surface area contributed by atoms with Crippen LogP contribution >= 0.6 is 22.7 Å². The molecule has 1 N–H and O–H groups in total. The molecule has 0 bridgehead atoms. The van der Waals surface area contributed by atoms with Crippen LogP contribution in [0.1, 0.15) is 20.9 Å². The van der Waals surface area contributed by atoms with Gasteiger partial charge in [0.05, 0.1) is 0 Å². The number of hydrogen-bond acceptors (Lipinski definition) is 3. The smallest absolute Gasteiger partial charge is 0.380 e. The summed E-state index contributed by atoms with van der Waals surface area (Å²) in [7, 11) is 0. The fourth-order valence-electron chi connectivity index (χ4n) is 4.41. The van der Waals surface area contributed by atoms with E-state index in [0.717, 1.165) is 22.7 Å². The molecule has 4 aromatic rings. The van der Waals surface area contributed by atoms with Gasteiger partial charge in [-0.15, -0.1) is 22.7 Å². The molecule has 36 heavy (non-hydrogen) atoms. The maximum Gasteiger partial charge on any atom is 0.380 e. The molecule has 0 fully saturated rings. The lowest BCUT2D eigenvalue weighted by molar-refractivity contribution is -0.254. The first-order valence-electron chi connectivity index (χ1n) is 10.8. The average Bonchev–Trinajstić information content (AvgIpc) is 3.42. The van der Waals surface area contributed by atoms with Gasteiger partial charge < -0.3 is 5.11 Å². The van der Waals surface area contributed by atoms with Gasteiger partial charge in [-0.2, -0.15) is 26.3 Å². The topological polar surface area (TPSA) is 20.2 Å². The molecule has 0 aliphatic heterocycles. The van der Waals surface area contributed by atoms with E-state index < -0.39 is 28.9 Å². The van der Waals surface area contributed by atoms with Gasteiger partial charge in [0.1, 0.15) is 5.75 Å². The number of rotatable bonds is 4. The second-order valence-corrected chi connectivity index (χ2v) is 11.1. The maximum atomic E-state index is 15.3. The van der Waals surface area contributed by atoms with Crippen molar-refractivity contribution in [2.75, 3.05) is 0 Å². The Labute approximate surface area is 211 Å². The Kier molecular flexibility index (Phi) is 5.64. The summed E-state index contributed by atoms with van der Waals surface area (Å²) in [5.74, 6) is -15.8. The van der Waals surface area contributed by atoms with E-state index >= 15 is 17.6 Å². The molecule has 9 heteroatoms. The minimum absolute atomic E-state index is 0.0130. The van der Waals surface area contributed by atoms with Gasteiger partial charge in [0.15, 0.2) is 0 Å². The molecule has 1 nitrogen and oxygen atoms in total. The summed E-state index contributed by atoms with van der Waals surface area (Å²) in [6, 6.07) is 17.1. The van der Waals surface area contributed by atoms with E-state index in [-0.39, 0.29) is 26.6 Å². The number of allylic oxidation sites excluding steroid dienone is 2. The Balaban J connectivity index is 1.77. The van der Waals surface area contributed by atoms with E-state index in [1.807, 2.05) is 0 Å². The highest BCUT2D eigenvalue weighted by atomic mass is 32.1. The Bertz CT molecular complexity index is 1480. The highest BCUT2D eigenvalue weighted by molar-refractivity contribution is 7.16.